The number of likely N-dealkylation sites (tertiary alicyclic amines) is 1. The van der Waals surface area contributed by atoms with Crippen molar-refractivity contribution in [2.24, 2.45) is 0 Å². The van der Waals surface area contributed by atoms with E-state index in [9.17, 15) is 22.8 Å². The number of carbonyl (C=O) groups excluding carboxylic acids is 3. The van der Waals surface area contributed by atoms with Gasteiger partial charge in [0, 0.05) is 30.8 Å². The van der Waals surface area contributed by atoms with Gasteiger partial charge in [-0.25, -0.2) is 8.42 Å². The number of hydrogen-bond donors (Lipinski definition) is 4. The number of ether oxygens (including phenoxy) is 1. The van der Waals surface area contributed by atoms with Gasteiger partial charge >= 0.3 is 0 Å². The number of piperidine rings is 1. The molecule has 2 aliphatic rings. The van der Waals surface area contributed by atoms with Crippen LogP contribution in [-0.4, -0.2) is 69.6 Å². The third-order valence-electron chi connectivity index (χ3n) is 8.23. The molecule has 2 heterocycles. The molecule has 2 atom stereocenters. The summed E-state index contributed by atoms with van der Waals surface area (Å²) in [4.78, 5) is 38.2. The number of nitrogens with zero attached hydrogens (tertiary/aromatic N) is 1. The Balaban J connectivity index is 0.000000247. The highest BCUT2D eigenvalue weighted by Crippen LogP contribution is 2.36. The highest BCUT2D eigenvalue weighted by molar-refractivity contribution is 7.91. The van der Waals surface area contributed by atoms with Gasteiger partial charge in [-0.05, 0) is 62.5 Å². The molecule has 2 saturated heterocycles. The standard InChI is InChI=1S/C17H27N3O4S.C13H16N2O2/c1-4-20-8-6-7-12(20)11-19-17(21)13-9-16(25(22,23)5-2)14(18)10-15(13)24-3;1-2-13(8-7-11(16)15-12(13)17)9-3-5-10(14)6-4-9/h9-10,12H,4-8,11,18H2,1-3H3,(H,19,21);3-6H,2,7-8,14H2,1H3,(H,15,16,17). The molecule has 2 fully saturated rings. The maximum absolute atomic E-state index is 12.6. The first kappa shape index (κ1) is 32.9. The van der Waals surface area contributed by atoms with Gasteiger partial charge in [0.2, 0.25) is 11.8 Å². The van der Waals surface area contributed by atoms with Crippen LogP contribution in [0.4, 0.5) is 11.4 Å². The Morgan fingerprint density at radius 3 is 2.40 bits per heavy atom. The van der Waals surface area contributed by atoms with Crippen LogP contribution in [0.5, 0.6) is 5.75 Å². The zero-order valence-corrected chi connectivity index (χ0v) is 25.7. The highest BCUT2D eigenvalue weighted by Gasteiger charge is 2.42. The van der Waals surface area contributed by atoms with E-state index in [1.54, 1.807) is 12.1 Å². The first-order valence-corrected chi connectivity index (χ1v) is 16.0. The first-order chi connectivity index (χ1) is 19.9. The van der Waals surface area contributed by atoms with Crippen molar-refractivity contribution in [1.82, 2.24) is 15.5 Å². The van der Waals surface area contributed by atoms with Crippen LogP contribution in [0.1, 0.15) is 68.8 Å². The summed E-state index contributed by atoms with van der Waals surface area (Å²) in [6.45, 7) is 8.12. The third kappa shape index (κ3) is 7.22. The molecule has 0 aliphatic carbocycles. The van der Waals surface area contributed by atoms with Crippen LogP contribution in [0.2, 0.25) is 0 Å². The largest absolute Gasteiger partial charge is 0.496 e. The molecule has 2 unspecified atom stereocenters. The molecule has 0 spiro atoms. The number of anilines is 2. The van der Waals surface area contributed by atoms with E-state index >= 15 is 0 Å². The van der Waals surface area contributed by atoms with Crippen molar-refractivity contribution in [3.05, 3.63) is 47.5 Å². The second-order valence-corrected chi connectivity index (χ2v) is 12.8. The molecule has 230 valence electrons. The highest BCUT2D eigenvalue weighted by atomic mass is 32.2. The van der Waals surface area contributed by atoms with Crippen molar-refractivity contribution in [3.8, 4) is 5.75 Å². The molecule has 11 nitrogen and oxygen atoms in total. The minimum atomic E-state index is -3.52. The van der Waals surface area contributed by atoms with E-state index in [1.807, 2.05) is 19.1 Å². The number of sulfone groups is 1. The van der Waals surface area contributed by atoms with Gasteiger partial charge in [-0.15, -0.1) is 0 Å². The van der Waals surface area contributed by atoms with E-state index in [0.29, 0.717) is 37.5 Å². The van der Waals surface area contributed by atoms with Crippen molar-refractivity contribution in [3.63, 3.8) is 0 Å². The molecule has 42 heavy (non-hydrogen) atoms. The van der Waals surface area contributed by atoms with Gasteiger partial charge in [0.05, 0.1) is 34.4 Å². The first-order valence-electron chi connectivity index (χ1n) is 14.3. The Labute approximate surface area is 248 Å². The summed E-state index contributed by atoms with van der Waals surface area (Å²) in [6, 6.07) is 10.3. The molecule has 3 amide bonds. The lowest BCUT2D eigenvalue weighted by atomic mass is 9.72. The van der Waals surface area contributed by atoms with Crippen molar-refractivity contribution in [1.29, 1.82) is 0 Å². The fourth-order valence-corrected chi connectivity index (χ4v) is 6.59. The Bertz CT molecular complexity index is 1400. The number of methoxy groups -OCH3 is 1. The number of imide groups is 1. The second kappa shape index (κ2) is 14.0. The third-order valence-corrected chi connectivity index (χ3v) is 10.0. The topological polar surface area (TPSA) is 174 Å². The van der Waals surface area contributed by atoms with Gasteiger partial charge in [-0.2, -0.15) is 0 Å². The number of amides is 3. The van der Waals surface area contributed by atoms with Crippen LogP contribution in [0, 0.1) is 0 Å². The monoisotopic (exact) mass is 601 g/mol. The average molecular weight is 602 g/mol. The maximum Gasteiger partial charge on any atom is 0.255 e. The molecule has 0 radical (unpaired) electrons. The van der Waals surface area contributed by atoms with Crippen LogP contribution in [-0.2, 0) is 24.8 Å². The summed E-state index contributed by atoms with van der Waals surface area (Å²) in [7, 11) is -2.10. The Kier molecular flexibility index (Phi) is 11.0. The lowest BCUT2D eigenvalue weighted by molar-refractivity contribution is -0.138. The molecule has 6 N–H and O–H groups in total. The summed E-state index contributed by atoms with van der Waals surface area (Å²) >= 11 is 0. The van der Waals surface area contributed by atoms with Gasteiger partial charge < -0.3 is 21.5 Å². The Morgan fingerprint density at radius 2 is 1.83 bits per heavy atom. The maximum atomic E-state index is 12.6. The van der Waals surface area contributed by atoms with Gasteiger partial charge in [0.1, 0.15) is 5.75 Å². The fraction of sp³-hybridized carbons (Fsp3) is 0.500. The van der Waals surface area contributed by atoms with Crippen LogP contribution in [0.25, 0.3) is 0 Å². The van der Waals surface area contributed by atoms with Crippen molar-refractivity contribution in [2.75, 3.05) is 44.0 Å². The van der Waals surface area contributed by atoms with E-state index in [0.717, 1.165) is 31.5 Å². The molecule has 4 rings (SSSR count). The lowest BCUT2D eigenvalue weighted by Crippen LogP contribution is -2.51. The van der Waals surface area contributed by atoms with E-state index < -0.39 is 15.3 Å². The fourth-order valence-electron chi connectivity index (χ4n) is 5.56. The zero-order valence-electron chi connectivity index (χ0n) is 24.9. The van der Waals surface area contributed by atoms with Gasteiger partial charge in [0.25, 0.3) is 5.91 Å². The van der Waals surface area contributed by atoms with Crippen LogP contribution >= 0.6 is 0 Å². The second-order valence-electron chi connectivity index (χ2n) is 10.6. The Hall–Kier alpha value is -3.64. The van der Waals surface area contributed by atoms with Gasteiger partial charge in [-0.3, -0.25) is 24.6 Å². The SMILES string of the molecule is CCC1(c2ccc(N)cc2)CCC(=O)NC1=O.CCN1CCCC1CNC(=O)c1cc(S(=O)(=O)CC)c(N)cc1OC. The summed E-state index contributed by atoms with van der Waals surface area (Å²) in [5.41, 5.74) is 12.8. The predicted octanol–water partition coefficient (Wildman–Crippen LogP) is 2.64. The normalized spacial score (nSPS) is 20.8. The van der Waals surface area contributed by atoms with Crippen LogP contribution in [0.15, 0.2) is 41.3 Å². The smallest absolute Gasteiger partial charge is 0.255 e. The summed E-state index contributed by atoms with van der Waals surface area (Å²) in [5.74, 6) is -0.551. The molecule has 0 bridgehead atoms. The molecular formula is C30H43N5O6S. The summed E-state index contributed by atoms with van der Waals surface area (Å²) in [5, 5.41) is 5.32. The number of rotatable bonds is 9. The van der Waals surface area contributed by atoms with Gasteiger partial charge in [0.15, 0.2) is 9.84 Å². The molecule has 2 aromatic rings. The number of nitrogens with two attached hydrogens (primary N) is 2. The molecule has 0 saturated carbocycles. The average Bonchev–Trinajstić information content (AvgIpc) is 3.44. The van der Waals surface area contributed by atoms with E-state index in [2.05, 4.69) is 22.5 Å². The molecule has 0 aromatic heterocycles. The minimum Gasteiger partial charge on any atom is -0.496 e. The summed E-state index contributed by atoms with van der Waals surface area (Å²) in [6.07, 6.45) is 3.80. The molecule has 2 aliphatic heterocycles. The molecular weight excluding hydrogens is 558 g/mol. The quantitative estimate of drug-likeness (QED) is 0.249. The molecule has 12 heteroatoms. The summed E-state index contributed by atoms with van der Waals surface area (Å²) < 4.78 is 29.6. The number of nitrogen functional groups attached to an aromatic ring is 2. The van der Waals surface area contributed by atoms with E-state index in [-0.39, 0.29) is 45.4 Å². The van der Waals surface area contributed by atoms with E-state index in [4.69, 9.17) is 16.2 Å². The number of hydrogen-bond acceptors (Lipinski definition) is 9. The lowest BCUT2D eigenvalue weighted by Gasteiger charge is -2.34. The van der Waals surface area contributed by atoms with Crippen molar-refractivity contribution < 1.29 is 27.5 Å². The zero-order chi connectivity index (χ0) is 31.1. The number of benzene rings is 2. The minimum absolute atomic E-state index is 0.0306. The number of carbonyl (C=O) groups is 3. The predicted molar refractivity (Wildman–Crippen MR) is 163 cm³/mol. The van der Waals surface area contributed by atoms with Crippen LogP contribution in [0.3, 0.4) is 0 Å². The van der Waals surface area contributed by atoms with Crippen molar-refractivity contribution >= 4 is 38.9 Å². The number of nitrogens with one attached hydrogen (secondary N) is 2. The number of likely N-dealkylation sites (N-methyl/N-ethyl adjacent to an activating group) is 1. The van der Waals surface area contributed by atoms with Crippen LogP contribution < -0.4 is 26.8 Å². The Morgan fingerprint density at radius 1 is 1.14 bits per heavy atom. The van der Waals surface area contributed by atoms with Gasteiger partial charge in [-0.1, -0.05) is 32.9 Å². The van der Waals surface area contributed by atoms with Crippen molar-refractivity contribution in [2.45, 2.75) is 69.2 Å². The van der Waals surface area contributed by atoms with E-state index in [1.165, 1.54) is 26.2 Å². The molecule has 2 aromatic carbocycles.